The second-order valence-corrected chi connectivity index (χ2v) is 5.57. The van der Waals surface area contributed by atoms with E-state index in [4.69, 9.17) is 11.6 Å². The summed E-state index contributed by atoms with van der Waals surface area (Å²) in [5.41, 5.74) is 1.51. The van der Waals surface area contributed by atoms with E-state index in [0.717, 1.165) is 5.69 Å². The van der Waals surface area contributed by atoms with Crippen molar-refractivity contribution in [2.24, 2.45) is 0 Å². The third-order valence-corrected chi connectivity index (χ3v) is 3.74. The van der Waals surface area contributed by atoms with E-state index in [0.29, 0.717) is 22.2 Å². The van der Waals surface area contributed by atoms with E-state index in [1.54, 1.807) is 36.4 Å². The number of rotatable bonds is 4. The Balaban J connectivity index is 1.70. The molecule has 1 N–H and O–H groups in total. The van der Waals surface area contributed by atoms with Crippen LogP contribution in [0.15, 0.2) is 66.7 Å². The van der Waals surface area contributed by atoms with Gasteiger partial charge in [-0.25, -0.2) is 0 Å². The molecule has 5 nitrogen and oxygen atoms in total. The molecule has 24 heavy (non-hydrogen) atoms. The maximum absolute atomic E-state index is 12.1. The fraction of sp³-hybridized carbons (Fsp3) is 0.0556. The van der Waals surface area contributed by atoms with Crippen molar-refractivity contribution >= 4 is 34.8 Å². The number of carbonyl (C=O) groups excluding carboxylic acids is 1. The number of hydrogen-bond acceptors (Lipinski definition) is 4. The first kappa shape index (κ1) is 16.0. The Hall–Kier alpha value is -2.92. The second kappa shape index (κ2) is 7.10. The molecule has 0 aliphatic heterocycles. The number of halogens is 1. The van der Waals surface area contributed by atoms with Crippen LogP contribution in [0.1, 0.15) is 10.4 Å². The van der Waals surface area contributed by atoms with Crippen molar-refractivity contribution in [1.29, 1.82) is 0 Å². The zero-order valence-electron chi connectivity index (χ0n) is 13.0. The molecule has 0 fully saturated rings. The monoisotopic (exact) mass is 338 g/mol. The lowest BCUT2D eigenvalue weighted by molar-refractivity contribution is 0.102. The fourth-order valence-electron chi connectivity index (χ4n) is 2.14. The molecule has 0 spiro atoms. The maximum atomic E-state index is 12.1. The number of anilines is 3. The van der Waals surface area contributed by atoms with Crippen LogP contribution in [0.2, 0.25) is 5.02 Å². The lowest BCUT2D eigenvalue weighted by atomic mass is 10.2. The average molecular weight is 339 g/mol. The predicted octanol–water partition coefficient (Wildman–Crippen LogP) is 4.15. The highest BCUT2D eigenvalue weighted by molar-refractivity contribution is 6.30. The highest BCUT2D eigenvalue weighted by Gasteiger charge is 2.09. The summed E-state index contributed by atoms with van der Waals surface area (Å²) < 4.78 is 0. The van der Waals surface area contributed by atoms with Crippen molar-refractivity contribution in [2.75, 3.05) is 17.3 Å². The summed E-state index contributed by atoms with van der Waals surface area (Å²) in [6.07, 6.45) is 0. The number of para-hydroxylation sites is 1. The van der Waals surface area contributed by atoms with Gasteiger partial charge in [-0.15, -0.1) is 10.2 Å². The number of amides is 1. The lowest BCUT2D eigenvalue weighted by Gasteiger charge is -2.17. The molecule has 0 unspecified atom stereocenters. The van der Waals surface area contributed by atoms with Crippen LogP contribution in [0, 0.1) is 0 Å². The largest absolute Gasteiger partial charge is 0.328 e. The van der Waals surface area contributed by atoms with Crippen LogP contribution in [0.5, 0.6) is 0 Å². The molecule has 0 saturated heterocycles. The molecule has 0 bridgehead atoms. The summed E-state index contributed by atoms with van der Waals surface area (Å²) in [5.74, 6) is 0.816. The van der Waals surface area contributed by atoms with Gasteiger partial charge in [-0.2, -0.15) is 0 Å². The van der Waals surface area contributed by atoms with Crippen LogP contribution in [-0.4, -0.2) is 23.2 Å². The maximum Gasteiger partial charge on any atom is 0.256 e. The van der Waals surface area contributed by atoms with Crippen molar-refractivity contribution in [1.82, 2.24) is 10.2 Å². The number of nitrogens with one attached hydrogen (secondary N) is 1. The summed E-state index contributed by atoms with van der Waals surface area (Å²) in [7, 11) is 1.91. The molecule has 0 radical (unpaired) electrons. The van der Waals surface area contributed by atoms with Crippen LogP contribution >= 0.6 is 11.6 Å². The van der Waals surface area contributed by atoms with E-state index in [1.165, 1.54) is 0 Å². The molecule has 6 heteroatoms. The van der Waals surface area contributed by atoms with Gasteiger partial charge in [0.25, 0.3) is 5.91 Å². The van der Waals surface area contributed by atoms with Gasteiger partial charge >= 0.3 is 0 Å². The third kappa shape index (κ3) is 3.70. The minimum atomic E-state index is -0.259. The molecule has 3 rings (SSSR count). The van der Waals surface area contributed by atoms with Crippen LogP contribution in [0.4, 0.5) is 17.3 Å². The van der Waals surface area contributed by atoms with Crippen molar-refractivity contribution in [3.8, 4) is 0 Å². The van der Waals surface area contributed by atoms with E-state index in [-0.39, 0.29) is 5.91 Å². The lowest BCUT2D eigenvalue weighted by Crippen LogP contribution is -2.15. The number of benzene rings is 2. The quantitative estimate of drug-likeness (QED) is 0.776. The highest BCUT2D eigenvalue weighted by atomic mass is 35.5. The molecule has 0 saturated carbocycles. The van der Waals surface area contributed by atoms with Crippen molar-refractivity contribution in [2.45, 2.75) is 0 Å². The number of aromatic nitrogens is 2. The van der Waals surface area contributed by atoms with Crippen molar-refractivity contribution < 1.29 is 4.79 Å². The number of hydrogen-bond donors (Lipinski definition) is 1. The van der Waals surface area contributed by atoms with Crippen molar-refractivity contribution in [3.05, 3.63) is 77.3 Å². The molecule has 2 aromatic carbocycles. The first-order valence-corrected chi connectivity index (χ1v) is 7.71. The molecule has 0 atom stereocenters. The molecule has 0 aliphatic rings. The molecular weight excluding hydrogens is 324 g/mol. The normalized spacial score (nSPS) is 10.2. The summed E-state index contributed by atoms with van der Waals surface area (Å²) in [4.78, 5) is 14.0. The molecule has 0 aliphatic carbocycles. The van der Waals surface area contributed by atoms with E-state index < -0.39 is 0 Å². The van der Waals surface area contributed by atoms with E-state index in [9.17, 15) is 4.79 Å². The van der Waals surface area contributed by atoms with Gasteiger partial charge in [0.1, 0.15) is 0 Å². The first-order chi connectivity index (χ1) is 11.6. The van der Waals surface area contributed by atoms with Gasteiger partial charge in [-0.05, 0) is 48.5 Å². The van der Waals surface area contributed by atoms with E-state index in [1.807, 2.05) is 42.3 Å². The summed E-state index contributed by atoms with van der Waals surface area (Å²) in [6.45, 7) is 0. The zero-order valence-corrected chi connectivity index (χ0v) is 13.7. The Labute approximate surface area is 144 Å². The van der Waals surface area contributed by atoms with Gasteiger partial charge < -0.3 is 10.2 Å². The minimum absolute atomic E-state index is 0.259. The van der Waals surface area contributed by atoms with Gasteiger partial charge in [-0.1, -0.05) is 29.8 Å². The summed E-state index contributed by atoms with van der Waals surface area (Å²) >= 11 is 5.82. The Morgan fingerprint density at radius 1 is 0.958 bits per heavy atom. The molecular formula is C18H15ClN4O. The molecule has 1 heterocycles. The second-order valence-electron chi connectivity index (χ2n) is 5.13. The van der Waals surface area contributed by atoms with Crippen LogP contribution in [-0.2, 0) is 0 Å². The molecule has 1 aromatic heterocycles. The van der Waals surface area contributed by atoms with Gasteiger partial charge in [0.2, 0.25) is 0 Å². The summed E-state index contributed by atoms with van der Waals surface area (Å²) in [6, 6.07) is 20.0. The first-order valence-electron chi connectivity index (χ1n) is 7.33. The SMILES string of the molecule is CN(c1ccccc1)c1ccc(NC(=O)c2ccc(Cl)cc2)nn1. The van der Waals surface area contributed by atoms with Crippen LogP contribution < -0.4 is 10.2 Å². The Kier molecular flexibility index (Phi) is 4.72. The third-order valence-electron chi connectivity index (χ3n) is 3.49. The number of nitrogens with zero attached hydrogens (tertiary/aromatic N) is 3. The molecule has 1 amide bonds. The predicted molar refractivity (Wildman–Crippen MR) is 95.9 cm³/mol. The Bertz CT molecular complexity index is 820. The Morgan fingerprint density at radius 3 is 2.29 bits per heavy atom. The standard InChI is InChI=1S/C18H15ClN4O/c1-23(15-5-3-2-4-6-15)17-12-11-16(21-22-17)20-18(24)13-7-9-14(19)10-8-13/h2-12H,1H3,(H,20,21,24). The van der Waals surface area contributed by atoms with Gasteiger partial charge in [0, 0.05) is 23.3 Å². The topological polar surface area (TPSA) is 58.1 Å². The average Bonchev–Trinajstić information content (AvgIpc) is 2.63. The van der Waals surface area contributed by atoms with Gasteiger partial charge in [-0.3, -0.25) is 4.79 Å². The molecule has 3 aromatic rings. The van der Waals surface area contributed by atoms with Crippen LogP contribution in [0.3, 0.4) is 0 Å². The Morgan fingerprint density at radius 2 is 1.67 bits per heavy atom. The van der Waals surface area contributed by atoms with E-state index in [2.05, 4.69) is 15.5 Å². The zero-order chi connectivity index (χ0) is 16.9. The fourth-order valence-corrected chi connectivity index (χ4v) is 2.27. The molecule has 120 valence electrons. The number of carbonyl (C=O) groups is 1. The smallest absolute Gasteiger partial charge is 0.256 e. The van der Waals surface area contributed by atoms with Gasteiger partial charge in [0.05, 0.1) is 0 Å². The van der Waals surface area contributed by atoms with Crippen molar-refractivity contribution in [3.63, 3.8) is 0 Å². The highest BCUT2D eigenvalue weighted by Crippen LogP contribution is 2.21. The minimum Gasteiger partial charge on any atom is -0.328 e. The van der Waals surface area contributed by atoms with E-state index >= 15 is 0 Å². The van der Waals surface area contributed by atoms with Gasteiger partial charge in [0.15, 0.2) is 11.6 Å². The summed E-state index contributed by atoms with van der Waals surface area (Å²) in [5, 5.41) is 11.5. The van der Waals surface area contributed by atoms with Crippen LogP contribution in [0.25, 0.3) is 0 Å².